The Morgan fingerprint density at radius 2 is 2.07 bits per heavy atom. The largest absolute Gasteiger partial charge is 0.380 e. The average Bonchev–Trinajstić information content (AvgIpc) is 2.93. The van der Waals surface area contributed by atoms with Gasteiger partial charge in [0.2, 0.25) is 0 Å². The first-order chi connectivity index (χ1) is 13.2. The number of fused-ring (bicyclic) bond motifs is 4. The van der Waals surface area contributed by atoms with Crippen molar-refractivity contribution in [1.29, 1.82) is 0 Å². The molecule has 2 fully saturated rings. The lowest BCUT2D eigenvalue weighted by molar-refractivity contribution is 0.120. The highest BCUT2D eigenvalue weighted by Crippen LogP contribution is 2.35. The van der Waals surface area contributed by atoms with Crippen LogP contribution in [-0.4, -0.2) is 72.3 Å². The van der Waals surface area contributed by atoms with Crippen LogP contribution in [0.5, 0.6) is 0 Å². The number of likely N-dealkylation sites (tertiary alicyclic amines) is 1. The molecule has 0 spiro atoms. The van der Waals surface area contributed by atoms with E-state index in [1.54, 1.807) is 0 Å². The number of piperidine rings is 1. The topological polar surface area (TPSA) is 37.7 Å². The number of thioether (sulfide) groups is 1. The van der Waals surface area contributed by atoms with Crippen molar-refractivity contribution in [2.45, 2.75) is 38.3 Å². The van der Waals surface area contributed by atoms with Gasteiger partial charge in [0.1, 0.15) is 0 Å². The van der Waals surface area contributed by atoms with E-state index in [1.807, 2.05) is 11.8 Å². The molecule has 0 amide bonds. The van der Waals surface area contributed by atoms with Crippen LogP contribution in [0.4, 0.5) is 0 Å². The van der Waals surface area contributed by atoms with Crippen molar-refractivity contribution >= 4 is 11.8 Å². The van der Waals surface area contributed by atoms with Gasteiger partial charge in [-0.1, -0.05) is 6.07 Å². The lowest BCUT2D eigenvalue weighted by Crippen LogP contribution is -2.48. The van der Waals surface area contributed by atoms with Crippen molar-refractivity contribution in [3.8, 4) is 0 Å². The summed E-state index contributed by atoms with van der Waals surface area (Å²) < 4.78 is 7.66. The summed E-state index contributed by atoms with van der Waals surface area (Å²) in [7, 11) is 0. The fourth-order valence-corrected chi connectivity index (χ4v) is 5.44. The van der Waals surface area contributed by atoms with Gasteiger partial charge in [-0.2, -0.15) is 11.8 Å². The molecule has 4 heterocycles. The molecule has 0 aliphatic carbocycles. The van der Waals surface area contributed by atoms with Crippen LogP contribution >= 0.6 is 11.8 Å². The Kier molecular flexibility index (Phi) is 6.58. The van der Waals surface area contributed by atoms with Crippen LogP contribution in [0.1, 0.15) is 36.4 Å². The van der Waals surface area contributed by atoms with Gasteiger partial charge in [0.15, 0.2) is 0 Å². The van der Waals surface area contributed by atoms with Gasteiger partial charge in [-0.3, -0.25) is 9.69 Å². The van der Waals surface area contributed by atoms with E-state index in [0.29, 0.717) is 11.8 Å². The first kappa shape index (κ1) is 19.5. The summed E-state index contributed by atoms with van der Waals surface area (Å²) in [5.74, 6) is 2.40. The van der Waals surface area contributed by atoms with Crippen LogP contribution in [0.15, 0.2) is 16.9 Å². The number of nitrogens with zero attached hydrogens (tertiary/aromatic N) is 3. The van der Waals surface area contributed by atoms with E-state index in [4.69, 9.17) is 4.74 Å². The molecular weight excluding hydrogens is 358 g/mol. The Morgan fingerprint density at radius 1 is 1.15 bits per heavy atom. The molecule has 6 heteroatoms. The molecule has 0 N–H and O–H groups in total. The molecule has 27 heavy (non-hydrogen) atoms. The van der Waals surface area contributed by atoms with Gasteiger partial charge in [0.05, 0.1) is 6.61 Å². The maximum atomic E-state index is 13.2. The van der Waals surface area contributed by atoms with Crippen molar-refractivity contribution in [3.63, 3.8) is 0 Å². The molecule has 150 valence electrons. The molecule has 0 unspecified atom stereocenters. The van der Waals surface area contributed by atoms with Crippen LogP contribution in [0.2, 0.25) is 0 Å². The van der Waals surface area contributed by atoms with Crippen LogP contribution in [0, 0.1) is 5.92 Å². The summed E-state index contributed by atoms with van der Waals surface area (Å²) in [6.45, 7) is 8.72. The number of ether oxygens (including phenoxy) is 1. The Hall–Kier alpha value is -0.820. The fraction of sp³-hybridized carbons (Fsp3) is 0.762. The normalized spacial score (nSPS) is 26.6. The van der Waals surface area contributed by atoms with Crippen LogP contribution in [-0.2, 0) is 17.8 Å². The molecule has 4 rings (SSSR count). The van der Waals surface area contributed by atoms with Crippen LogP contribution in [0.3, 0.4) is 0 Å². The number of aromatic nitrogens is 1. The zero-order chi connectivity index (χ0) is 18.6. The molecule has 1 aromatic rings. The van der Waals surface area contributed by atoms with Gasteiger partial charge in [-0.05, 0) is 49.8 Å². The molecule has 3 aliphatic rings. The standard InChI is InChI=1S/C21H33N3O2S/c1-27-11-3-7-23-13-17-12-19(16-23)20-5-4-18(21(25)24(20)14-17)15-22-6-2-9-26-10-8-22/h4-5,17,19H,2-3,6-16H2,1H3/t17-,19+/m0/s1. The summed E-state index contributed by atoms with van der Waals surface area (Å²) in [5, 5.41) is 0. The maximum absolute atomic E-state index is 13.2. The molecule has 2 bridgehead atoms. The third-order valence-electron chi connectivity index (χ3n) is 6.29. The van der Waals surface area contributed by atoms with E-state index in [0.717, 1.165) is 64.5 Å². The lowest BCUT2D eigenvalue weighted by atomic mass is 9.83. The van der Waals surface area contributed by atoms with E-state index >= 15 is 0 Å². The first-order valence-corrected chi connectivity index (χ1v) is 11.9. The minimum atomic E-state index is 0.253. The van der Waals surface area contributed by atoms with E-state index in [-0.39, 0.29) is 5.56 Å². The number of pyridine rings is 1. The van der Waals surface area contributed by atoms with Gasteiger partial charge in [0.25, 0.3) is 5.56 Å². The van der Waals surface area contributed by atoms with Crippen molar-refractivity contribution in [1.82, 2.24) is 14.4 Å². The monoisotopic (exact) mass is 391 g/mol. The predicted octanol–water partition coefficient (Wildman–Crippen LogP) is 2.24. The highest BCUT2D eigenvalue weighted by Gasteiger charge is 2.34. The summed E-state index contributed by atoms with van der Waals surface area (Å²) in [6, 6.07) is 4.35. The van der Waals surface area contributed by atoms with E-state index in [1.165, 1.54) is 30.8 Å². The molecule has 5 nitrogen and oxygen atoms in total. The van der Waals surface area contributed by atoms with Gasteiger partial charge in [-0.25, -0.2) is 0 Å². The Bertz CT molecular complexity index is 684. The second-order valence-electron chi connectivity index (χ2n) is 8.35. The summed E-state index contributed by atoms with van der Waals surface area (Å²) >= 11 is 1.94. The zero-order valence-electron chi connectivity index (χ0n) is 16.6. The van der Waals surface area contributed by atoms with Gasteiger partial charge in [-0.15, -0.1) is 0 Å². The minimum absolute atomic E-state index is 0.253. The van der Waals surface area contributed by atoms with Gasteiger partial charge in [0, 0.05) is 63.1 Å². The molecule has 3 aliphatic heterocycles. The van der Waals surface area contributed by atoms with Gasteiger partial charge < -0.3 is 14.2 Å². The van der Waals surface area contributed by atoms with E-state index in [2.05, 4.69) is 32.8 Å². The van der Waals surface area contributed by atoms with Crippen molar-refractivity contribution in [2.24, 2.45) is 5.92 Å². The third-order valence-corrected chi connectivity index (χ3v) is 6.99. The summed E-state index contributed by atoms with van der Waals surface area (Å²) in [6.07, 6.45) is 5.76. The molecule has 2 saturated heterocycles. The summed E-state index contributed by atoms with van der Waals surface area (Å²) in [5.41, 5.74) is 2.48. The molecule has 2 atom stereocenters. The lowest BCUT2D eigenvalue weighted by Gasteiger charge is -2.43. The molecule has 1 aromatic heterocycles. The van der Waals surface area contributed by atoms with Crippen LogP contribution < -0.4 is 5.56 Å². The van der Waals surface area contributed by atoms with Gasteiger partial charge >= 0.3 is 0 Å². The Labute approximate surface area is 167 Å². The first-order valence-electron chi connectivity index (χ1n) is 10.5. The molecule has 0 radical (unpaired) electrons. The minimum Gasteiger partial charge on any atom is -0.380 e. The number of hydrogen-bond acceptors (Lipinski definition) is 5. The second-order valence-corrected chi connectivity index (χ2v) is 9.33. The fourth-order valence-electron chi connectivity index (χ4n) is 5.02. The Balaban J connectivity index is 1.47. The van der Waals surface area contributed by atoms with Crippen LogP contribution in [0.25, 0.3) is 0 Å². The molecule has 0 saturated carbocycles. The highest BCUT2D eigenvalue weighted by atomic mass is 32.2. The predicted molar refractivity (Wildman–Crippen MR) is 112 cm³/mol. The number of hydrogen-bond donors (Lipinski definition) is 0. The second kappa shape index (κ2) is 9.12. The van der Waals surface area contributed by atoms with E-state index < -0.39 is 0 Å². The highest BCUT2D eigenvalue weighted by molar-refractivity contribution is 7.98. The van der Waals surface area contributed by atoms with Crippen molar-refractivity contribution in [3.05, 3.63) is 33.7 Å². The molecule has 0 aromatic carbocycles. The molecular formula is C21H33N3O2S. The average molecular weight is 392 g/mol. The zero-order valence-corrected chi connectivity index (χ0v) is 17.4. The van der Waals surface area contributed by atoms with E-state index in [9.17, 15) is 4.79 Å². The smallest absolute Gasteiger partial charge is 0.255 e. The summed E-state index contributed by atoms with van der Waals surface area (Å²) in [4.78, 5) is 18.2. The van der Waals surface area contributed by atoms with Crippen molar-refractivity contribution in [2.75, 3.05) is 57.9 Å². The van der Waals surface area contributed by atoms with Crippen molar-refractivity contribution < 1.29 is 4.74 Å². The quantitative estimate of drug-likeness (QED) is 0.696. The number of rotatable bonds is 6. The SMILES string of the molecule is CSCCCN1C[C@@H]2C[C@H](C1)c1ccc(CN3CCCOCC3)c(=O)n1C2. The maximum Gasteiger partial charge on any atom is 0.255 e. The Morgan fingerprint density at radius 3 is 2.96 bits per heavy atom. The third kappa shape index (κ3) is 4.61.